The van der Waals surface area contributed by atoms with Crippen molar-refractivity contribution >= 4 is 12.4 Å². The lowest BCUT2D eigenvalue weighted by Crippen LogP contribution is -2.14. The second kappa shape index (κ2) is 5.14. The molecule has 0 aliphatic heterocycles. The molecule has 1 aromatic carbocycles. The summed E-state index contributed by atoms with van der Waals surface area (Å²) in [6.07, 6.45) is 0. The molecule has 1 aromatic rings. The topological polar surface area (TPSA) is 26.0 Å². The first-order valence-electron chi connectivity index (χ1n) is 3.72. The molecule has 0 heterocycles. The highest BCUT2D eigenvalue weighted by Gasteiger charge is 2.10. The lowest BCUT2D eigenvalue weighted by atomic mass is 10.1. The van der Waals surface area contributed by atoms with Crippen LogP contribution in [0.15, 0.2) is 18.2 Å². The molecule has 2 N–H and O–H groups in total. The molecule has 74 valence electrons. The second-order valence-corrected chi connectivity index (χ2v) is 2.79. The molecule has 1 nitrogen and oxygen atoms in total. The Hall–Kier alpha value is -0.670. The molecule has 0 saturated heterocycles. The van der Waals surface area contributed by atoms with Gasteiger partial charge in [0.2, 0.25) is 0 Å². The molecule has 13 heavy (non-hydrogen) atoms. The van der Waals surface area contributed by atoms with Crippen LogP contribution in [0, 0.1) is 12.7 Å². The number of halogens is 3. The van der Waals surface area contributed by atoms with Gasteiger partial charge in [0.1, 0.15) is 12.5 Å². The zero-order valence-electron chi connectivity index (χ0n) is 7.26. The van der Waals surface area contributed by atoms with Crippen molar-refractivity contribution in [1.29, 1.82) is 0 Å². The van der Waals surface area contributed by atoms with Crippen molar-refractivity contribution in [3.05, 3.63) is 35.1 Å². The number of alkyl halides is 1. The van der Waals surface area contributed by atoms with Crippen LogP contribution in [-0.4, -0.2) is 6.67 Å². The molecular formula is C9H12ClF2N. The highest BCUT2D eigenvalue weighted by Crippen LogP contribution is 2.16. The average molecular weight is 208 g/mol. The summed E-state index contributed by atoms with van der Waals surface area (Å²) in [5, 5.41) is 0. The van der Waals surface area contributed by atoms with Crippen LogP contribution in [0.3, 0.4) is 0 Å². The van der Waals surface area contributed by atoms with E-state index in [2.05, 4.69) is 0 Å². The SMILES string of the molecule is Cc1ccc(F)c([C@H](N)CF)c1.Cl. The molecule has 0 fully saturated rings. The first kappa shape index (κ1) is 12.3. The van der Waals surface area contributed by atoms with Crippen molar-refractivity contribution in [1.82, 2.24) is 0 Å². The predicted molar refractivity (Wildman–Crippen MR) is 51.3 cm³/mol. The van der Waals surface area contributed by atoms with Gasteiger partial charge in [-0.05, 0) is 13.0 Å². The molecule has 0 bridgehead atoms. The van der Waals surface area contributed by atoms with Crippen LogP contribution in [0.25, 0.3) is 0 Å². The van der Waals surface area contributed by atoms with Gasteiger partial charge in [0.15, 0.2) is 0 Å². The smallest absolute Gasteiger partial charge is 0.128 e. The molecule has 0 aliphatic carbocycles. The number of rotatable bonds is 2. The summed E-state index contributed by atoms with van der Waals surface area (Å²) < 4.78 is 25.1. The standard InChI is InChI=1S/C9H11F2N.ClH/c1-6-2-3-8(11)7(4-6)9(12)5-10;/h2-4,9H,5,12H2,1H3;1H/t9-;/m1./s1. The van der Waals surface area contributed by atoms with Gasteiger partial charge in [-0.15, -0.1) is 12.4 Å². The number of benzene rings is 1. The summed E-state index contributed by atoms with van der Waals surface area (Å²) >= 11 is 0. The van der Waals surface area contributed by atoms with E-state index in [1.807, 2.05) is 6.92 Å². The lowest BCUT2D eigenvalue weighted by molar-refractivity contribution is 0.426. The first-order chi connectivity index (χ1) is 5.65. The summed E-state index contributed by atoms with van der Waals surface area (Å²) in [7, 11) is 0. The van der Waals surface area contributed by atoms with Gasteiger partial charge in [-0.25, -0.2) is 8.78 Å². The van der Waals surface area contributed by atoms with E-state index in [-0.39, 0.29) is 18.0 Å². The second-order valence-electron chi connectivity index (χ2n) is 2.79. The van der Waals surface area contributed by atoms with Crippen molar-refractivity contribution in [3.63, 3.8) is 0 Å². The van der Waals surface area contributed by atoms with Crippen LogP contribution >= 0.6 is 12.4 Å². The maximum atomic E-state index is 13.0. The number of hydrogen-bond acceptors (Lipinski definition) is 1. The third kappa shape index (κ3) is 2.94. The molecule has 0 radical (unpaired) electrons. The van der Waals surface area contributed by atoms with Gasteiger partial charge in [0.05, 0.1) is 6.04 Å². The zero-order valence-corrected chi connectivity index (χ0v) is 8.07. The summed E-state index contributed by atoms with van der Waals surface area (Å²) in [5.74, 6) is -0.439. The van der Waals surface area contributed by atoms with Crippen LogP contribution in [0.5, 0.6) is 0 Å². The molecule has 1 rings (SSSR count). The third-order valence-electron chi connectivity index (χ3n) is 1.72. The Balaban J connectivity index is 0.00000144. The van der Waals surface area contributed by atoms with Crippen molar-refractivity contribution < 1.29 is 8.78 Å². The van der Waals surface area contributed by atoms with Crippen molar-refractivity contribution in [2.24, 2.45) is 5.73 Å². The highest BCUT2D eigenvalue weighted by atomic mass is 35.5. The minimum Gasteiger partial charge on any atom is -0.322 e. The summed E-state index contributed by atoms with van der Waals surface area (Å²) in [6, 6.07) is 3.66. The van der Waals surface area contributed by atoms with E-state index in [0.717, 1.165) is 5.56 Å². The van der Waals surface area contributed by atoms with Gasteiger partial charge in [-0.2, -0.15) is 0 Å². The number of hydrogen-bond donors (Lipinski definition) is 1. The minimum atomic E-state index is -0.843. The molecule has 0 unspecified atom stereocenters. The Bertz CT molecular complexity index is 278. The Labute approximate surface area is 82.4 Å². The van der Waals surface area contributed by atoms with Crippen molar-refractivity contribution in [2.45, 2.75) is 13.0 Å². The fourth-order valence-corrected chi connectivity index (χ4v) is 1.03. The number of nitrogens with two attached hydrogens (primary N) is 1. The summed E-state index contributed by atoms with van der Waals surface area (Å²) in [4.78, 5) is 0. The Kier molecular flexibility index (Phi) is 4.88. The van der Waals surface area contributed by atoms with Crippen LogP contribution in [0.4, 0.5) is 8.78 Å². The van der Waals surface area contributed by atoms with Gasteiger partial charge >= 0.3 is 0 Å². The van der Waals surface area contributed by atoms with E-state index < -0.39 is 18.5 Å². The molecular weight excluding hydrogens is 196 g/mol. The van der Waals surface area contributed by atoms with Gasteiger partial charge < -0.3 is 5.73 Å². The van der Waals surface area contributed by atoms with Gasteiger partial charge in [-0.1, -0.05) is 17.7 Å². The van der Waals surface area contributed by atoms with E-state index in [4.69, 9.17) is 5.73 Å². The van der Waals surface area contributed by atoms with E-state index in [9.17, 15) is 8.78 Å². The van der Waals surface area contributed by atoms with Crippen LogP contribution in [0.1, 0.15) is 17.2 Å². The molecule has 0 aliphatic rings. The van der Waals surface area contributed by atoms with E-state index in [0.29, 0.717) is 0 Å². The monoisotopic (exact) mass is 207 g/mol. The maximum absolute atomic E-state index is 13.0. The highest BCUT2D eigenvalue weighted by molar-refractivity contribution is 5.85. The average Bonchev–Trinajstić information content (AvgIpc) is 2.08. The van der Waals surface area contributed by atoms with Crippen LogP contribution in [0.2, 0.25) is 0 Å². The fourth-order valence-electron chi connectivity index (χ4n) is 1.03. The van der Waals surface area contributed by atoms with E-state index >= 15 is 0 Å². The molecule has 0 spiro atoms. The first-order valence-corrected chi connectivity index (χ1v) is 3.72. The zero-order chi connectivity index (χ0) is 9.14. The lowest BCUT2D eigenvalue weighted by Gasteiger charge is -2.08. The van der Waals surface area contributed by atoms with Gasteiger partial charge in [0.25, 0.3) is 0 Å². The number of aryl methyl sites for hydroxylation is 1. The third-order valence-corrected chi connectivity index (χ3v) is 1.72. The molecule has 0 aromatic heterocycles. The predicted octanol–water partition coefficient (Wildman–Crippen LogP) is 2.53. The summed E-state index contributed by atoms with van der Waals surface area (Å²) in [5.41, 5.74) is 6.48. The normalized spacial score (nSPS) is 12.0. The van der Waals surface area contributed by atoms with E-state index in [1.165, 1.54) is 6.07 Å². The molecule has 0 amide bonds. The van der Waals surface area contributed by atoms with Gasteiger partial charge in [0, 0.05) is 5.56 Å². The van der Waals surface area contributed by atoms with Crippen LogP contribution < -0.4 is 5.73 Å². The fraction of sp³-hybridized carbons (Fsp3) is 0.333. The van der Waals surface area contributed by atoms with E-state index in [1.54, 1.807) is 12.1 Å². The Morgan fingerprint density at radius 1 is 1.46 bits per heavy atom. The largest absolute Gasteiger partial charge is 0.322 e. The van der Waals surface area contributed by atoms with Crippen molar-refractivity contribution in [2.75, 3.05) is 6.67 Å². The van der Waals surface area contributed by atoms with Gasteiger partial charge in [-0.3, -0.25) is 0 Å². The maximum Gasteiger partial charge on any atom is 0.128 e. The minimum absolute atomic E-state index is 0. The van der Waals surface area contributed by atoms with Crippen LogP contribution in [-0.2, 0) is 0 Å². The summed E-state index contributed by atoms with van der Waals surface area (Å²) in [6.45, 7) is 1.08. The molecule has 0 saturated carbocycles. The Morgan fingerprint density at radius 3 is 2.62 bits per heavy atom. The quantitative estimate of drug-likeness (QED) is 0.793. The Morgan fingerprint density at radius 2 is 2.08 bits per heavy atom. The molecule has 4 heteroatoms. The van der Waals surface area contributed by atoms with Crippen molar-refractivity contribution in [3.8, 4) is 0 Å². The molecule has 1 atom stereocenters.